The minimum absolute atomic E-state index is 0.0556. The van der Waals surface area contributed by atoms with Crippen LogP contribution in [0.5, 0.6) is 0 Å². The van der Waals surface area contributed by atoms with Crippen LogP contribution in [0, 0.1) is 17.5 Å². The summed E-state index contributed by atoms with van der Waals surface area (Å²) in [6.07, 6.45) is 5.07. The lowest BCUT2D eigenvalue weighted by atomic mass is 10.0. The van der Waals surface area contributed by atoms with E-state index in [1.807, 2.05) is 6.20 Å². The normalized spacial score (nSPS) is 15.0. The molecule has 1 aliphatic rings. The van der Waals surface area contributed by atoms with Gasteiger partial charge in [-0.05, 0) is 49.0 Å². The van der Waals surface area contributed by atoms with Crippen LogP contribution in [-0.4, -0.2) is 72.8 Å². The summed E-state index contributed by atoms with van der Waals surface area (Å²) in [4.78, 5) is 7.75. The van der Waals surface area contributed by atoms with Crippen molar-refractivity contribution in [3.63, 3.8) is 0 Å². The number of aromatic nitrogens is 3. The van der Waals surface area contributed by atoms with Crippen LogP contribution < -0.4 is 4.72 Å². The summed E-state index contributed by atoms with van der Waals surface area (Å²) in [6, 6.07) is 10.5. The van der Waals surface area contributed by atoms with Gasteiger partial charge in [-0.15, -0.1) is 0 Å². The van der Waals surface area contributed by atoms with Gasteiger partial charge in [0.2, 0.25) is 0 Å². The third-order valence-corrected chi connectivity index (χ3v) is 8.08. The number of rotatable bonds is 8. The number of hydrogen-bond donors (Lipinski definition) is 1. The van der Waals surface area contributed by atoms with E-state index in [4.69, 9.17) is 0 Å². The summed E-state index contributed by atoms with van der Waals surface area (Å²) in [7, 11) is -2.53. The molecule has 0 aliphatic carbocycles. The van der Waals surface area contributed by atoms with Gasteiger partial charge in [-0.3, -0.25) is 19.3 Å². The Morgan fingerprint density at radius 1 is 0.872 bits per heavy atom. The number of halogens is 3. The number of nitrogens with zero attached hydrogens (tertiary/aromatic N) is 5. The van der Waals surface area contributed by atoms with Crippen LogP contribution >= 0.6 is 0 Å². The van der Waals surface area contributed by atoms with Gasteiger partial charge in [0.15, 0.2) is 17.5 Å². The Kier molecular flexibility index (Phi) is 7.69. The smallest absolute Gasteiger partial charge is 0.265 e. The molecule has 1 aliphatic heterocycles. The summed E-state index contributed by atoms with van der Waals surface area (Å²) in [5, 5.41) is 4.67. The molecule has 0 bridgehead atoms. The monoisotopic (exact) mass is 556 g/mol. The van der Waals surface area contributed by atoms with Gasteiger partial charge in [-0.1, -0.05) is 12.1 Å². The van der Waals surface area contributed by atoms with Crippen molar-refractivity contribution >= 4 is 15.7 Å². The van der Waals surface area contributed by atoms with Crippen LogP contribution in [0.3, 0.4) is 0 Å². The number of sulfonamides is 1. The van der Waals surface area contributed by atoms with E-state index in [1.54, 1.807) is 29.2 Å². The van der Waals surface area contributed by atoms with Crippen LogP contribution in [0.4, 0.5) is 18.9 Å². The van der Waals surface area contributed by atoms with Crippen molar-refractivity contribution in [3.8, 4) is 22.4 Å². The molecule has 0 atom stereocenters. The maximum absolute atomic E-state index is 15.8. The molecule has 0 saturated carbocycles. The lowest BCUT2D eigenvalue weighted by molar-refractivity contribution is 0.149. The lowest BCUT2D eigenvalue weighted by Crippen LogP contribution is -2.45. The van der Waals surface area contributed by atoms with Crippen molar-refractivity contribution < 1.29 is 21.6 Å². The van der Waals surface area contributed by atoms with E-state index in [-0.39, 0.29) is 5.56 Å². The van der Waals surface area contributed by atoms with Gasteiger partial charge in [0, 0.05) is 62.4 Å². The Morgan fingerprint density at radius 3 is 2.33 bits per heavy atom. The first-order valence-electron chi connectivity index (χ1n) is 12.4. The van der Waals surface area contributed by atoms with Crippen molar-refractivity contribution in [1.29, 1.82) is 0 Å². The van der Waals surface area contributed by atoms with Crippen LogP contribution in [0.15, 0.2) is 72.0 Å². The SMILES string of the molecule is CN1CCN(CCn2cc(-c3ccncc3)c(-c3cccc(NS(=O)(=O)c4cccc(F)c4F)c3F)n2)CC1. The summed E-state index contributed by atoms with van der Waals surface area (Å²) in [5.74, 6) is -3.76. The molecule has 1 N–H and O–H groups in total. The molecule has 2 aromatic carbocycles. The van der Waals surface area contributed by atoms with E-state index < -0.39 is 38.1 Å². The Morgan fingerprint density at radius 2 is 1.59 bits per heavy atom. The van der Waals surface area contributed by atoms with Crippen molar-refractivity contribution in [2.45, 2.75) is 11.4 Å². The molecule has 0 radical (unpaired) electrons. The largest absolute Gasteiger partial charge is 0.304 e. The van der Waals surface area contributed by atoms with Crippen molar-refractivity contribution in [3.05, 3.63) is 84.6 Å². The summed E-state index contributed by atoms with van der Waals surface area (Å²) in [5.41, 5.74) is 1.36. The summed E-state index contributed by atoms with van der Waals surface area (Å²) < 4.78 is 73.1. The standard InChI is InChI=1S/C27H27F3N6O2S/c1-34-12-14-35(15-13-34)16-17-36-18-21(19-8-10-31-11-9-19)27(32-36)20-4-2-6-23(25(20)29)33-39(37,38)24-7-3-5-22(28)26(24)30/h2-11,18,33H,12-17H2,1H3. The van der Waals surface area contributed by atoms with Gasteiger partial charge in [0.25, 0.3) is 10.0 Å². The number of hydrogen-bond acceptors (Lipinski definition) is 6. The molecule has 12 heteroatoms. The number of anilines is 1. The van der Waals surface area contributed by atoms with E-state index >= 15 is 4.39 Å². The molecule has 5 rings (SSSR count). The summed E-state index contributed by atoms with van der Waals surface area (Å²) in [6.45, 7) is 5.22. The Hall–Kier alpha value is -3.74. The molecule has 1 fully saturated rings. The van der Waals surface area contributed by atoms with Crippen LogP contribution in [0.1, 0.15) is 0 Å². The molecule has 204 valence electrons. The lowest BCUT2D eigenvalue weighted by Gasteiger charge is -2.32. The van der Waals surface area contributed by atoms with Crippen molar-refractivity contribution in [2.24, 2.45) is 0 Å². The van der Waals surface area contributed by atoms with Gasteiger partial charge < -0.3 is 4.90 Å². The van der Waals surface area contributed by atoms with Crippen molar-refractivity contribution in [1.82, 2.24) is 24.6 Å². The molecule has 1 saturated heterocycles. The second kappa shape index (κ2) is 11.2. The molecule has 2 aromatic heterocycles. The third kappa shape index (κ3) is 5.82. The highest BCUT2D eigenvalue weighted by atomic mass is 32.2. The molecule has 8 nitrogen and oxygen atoms in total. The molecule has 0 spiro atoms. The topological polar surface area (TPSA) is 83.4 Å². The minimum Gasteiger partial charge on any atom is -0.304 e. The average Bonchev–Trinajstić information content (AvgIpc) is 3.35. The number of piperazine rings is 1. The zero-order chi connectivity index (χ0) is 27.6. The van der Waals surface area contributed by atoms with Gasteiger partial charge in [0.1, 0.15) is 10.6 Å². The van der Waals surface area contributed by atoms with Gasteiger partial charge in [-0.25, -0.2) is 21.6 Å². The van der Waals surface area contributed by atoms with E-state index in [9.17, 15) is 17.2 Å². The fourth-order valence-electron chi connectivity index (χ4n) is 4.48. The fourth-order valence-corrected chi connectivity index (χ4v) is 5.63. The first-order valence-corrected chi connectivity index (χ1v) is 13.9. The van der Waals surface area contributed by atoms with E-state index in [0.717, 1.165) is 56.5 Å². The molecule has 0 amide bonds. The highest BCUT2D eigenvalue weighted by Crippen LogP contribution is 2.35. The highest BCUT2D eigenvalue weighted by molar-refractivity contribution is 7.92. The quantitative estimate of drug-likeness (QED) is 0.352. The van der Waals surface area contributed by atoms with E-state index in [2.05, 4.69) is 31.7 Å². The van der Waals surface area contributed by atoms with Gasteiger partial charge in [-0.2, -0.15) is 5.10 Å². The number of likely N-dealkylation sites (N-methyl/N-ethyl adjacent to an activating group) is 1. The molecular weight excluding hydrogens is 529 g/mol. The number of pyridine rings is 1. The van der Waals surface area contributed by atoms with E-state index in [1.165, 1.54) is 18.2 Å². The maximum atomic E-state index is 15.8. The van der Waals surface area contributed by atoms with Gasteiger partial charge >= 0.3 is 0 Å². The van der Waals surface area contributed by atoms with Gasteiger partial charge in [0.05, 0.1) is 12.2 Å². The number of nitrogens with one attached hydrogen (secondary N) is 1. The predicted molar refractivity (Wildman–Crippen MR) is 142 cm³/mol. The predicted octanol–water partition coefficient (Wildman–Crippen LogP) is 4.08. The van der Waals surface area contributed by atoms with E-state index in [0.29, 0.717) is 17.8 Å². The fraction of sp³-hybridized carbons (Fsp3) is 0.259. The Balaban J connectivity index is 1.48. The first-order chi connectivity index (χ1) is 18.7. The van der Waals surface area contributed by atoms with Crippen LogP contribution in [-0.2, 0) is 16.6 Å². The van der Waals surface area contributed by atoms with Crippen LogP contribution in [0.25, 0.3) is 22.4 Å². The molecule has 0 unspecified atom stereocenters. The number of benzene rings is 2. The van der Waals surface area contributed by atoms with Crippen molar-refractivity contribution in [2.75, 3.05) is 44.5 Å². The first kappa shape index (κ1) is 26.9. The molecular formula is C27H27F3N6O2S. The Bertz CT molecular complexity index is 1570. The zero-order valence-corrected chi connectivity index (χ0v) is 22.0. The third-order valence-electron chi connectivity index (χ3n) is 6.70. The second-order valence-electron chi connectivity index (χ2n) is 9.36. The van der Waals surface area contributed by atoms with Crippen LogP contribution in [0.2, 0.25) is 0 Å². The molecule has 3 heterocycles. The Labute approximate surface area is 224 Å². The summed E-state index contributed by atoms with van der Waals surface area (Å²) >= 11 is 0. The molecule has 4 aromatic rings. The average molecular weight is 557 g/mol. The molecule has 39 heavy (non-hydrogen) atoms. The zero-order valence-electron chi connectivity index (χ0n) is 21.2. The highest BCUT2D eigenvalue weighted by Gasteiger charge is 2.25. The maximum Gasteiger partial charge on any atom is 0.265 e. The second-order valence-corrected chi connectivity index (χ2v) is 11.0. The minimum atomic E-state index is -4.62.